The van der Waals surface area contributed by atoms with Gasteiger partial charge in [-0.15, -0.1) is 0 Å². The van der Waals surface area contributed by atoms with E-state index in [2.05, 4.69) is 4.72 Å². The first-order valence-electron chi connectivity index (χ1n) is 18.8. The van der Waals surface area contributed by atoms with Crippen molar-refractivity contribution in [1.29, 1.82) is 0 Å². The number of phenols is 2. The van der Waals surface area contributed by atoms with Crippen molar-refractivity contribution in [1.82, 2.24) is 9.44 Å². The second kappa shape index (κ2) is 20.8. The zero-order valence-electron chi connectivity index (χ0n) is 33.5. The standard InChI is InChI=1S/C24H23NO6S.C22H19NO6S/c1-30-20-11-7-6-10-19(20)23-21(14-13-18(16-26)24(23)31-2)32(28,29)25-22(27)15-12-17-8-4-3-5-9-17;24-14-16-12-17(13-19(22(16)27)18-8-4-5-9-20(18)25)30(28,29)23-21(26)11-10-15-6-2-1-3-7-15/h3-11,13-14,16H,12,15H2,1-2H3,(H,25,27);1-9,12-14,25,27H,10-11H2,(H,23,26). The fourth-order valence-electron chi connectivity index (χ4n) is 6.33. The van der Waals surface area contributed by atoms with Crippen LogP contribution in [0, 0.1) is 0 Å². The number of rotatable bonds is 16. The Labute approximate surface area is 358 Å². The Morgan fingerprint density at radius 3 is 1.63 bits per heavy atom. The summed E-state index contributed by atoms with van der Waals surface area (Å²) in [5, 5.41) is 20.4. The number of phenolic OH excluding ortho intramolecular Hbond substituents is 2. The van der Waals surface area contributed by atoms with Gasteiger partial charge in [0.2, 0.25) is 11.8 Å². The first kappa shape index (κ1) is 45.8. The number of carbonyl (C=O) groups is 4. The Morgan fingerprint density at radius 2 is 1.10 bits per heavy atom. The highest BCUT2D eigenvalue weighted by molar-refractivity contribution is 7.90. The predicted molar refractivity (Wildman–Crippen MR) is 231 cm³/mol. The molecule has 4 N–H and O–H groups in total. The van der Waals surface area contributed by atoms with E-state index in [0.717, 1.165) is 23.3 Å². The summed E-state index contributed by atoms with van der Waals surface area (Å²) in [7, 11) is -5.79. The fraction of sp³-hybridized carbons (Fsp3) is 0.130. The molecule has 14 nitrogen and oxygen atoms in total. The molecule has 6 rings (SSSR count). The smallest absolute Gasteiger partial charge is 0.264 e. The van der Waals surface area contributed by atoms with Gasteiger partial charge in [0.1, 0.15) is 23.0 Å². The molecule has 6 aromatic carbocycles. The quantitative estimate of drug-likeness (QED) is 0.0753. The molecule has 0 aliphatic heterocycles. The molecular weight excluding hydrogens is 837 g/mol. The van der Waals surface area contributed by atoms with Crippen molar-refractivity contribution in [3.8, 4) is 45.3 Å². The molecule has 0 fully saturated rings. The number of ether oxygens (including phenoxy) is 2. The number of hydrogen-bond donors (Lipinski definition) is 4. The lowest BCUT2D eigenvalue weighted by atomic mass is 10.0. The Balaban J connectivity index is 0.000000235. The molecule has 6 aromatic rings. The summed E-state index contributed by atoms with van der Waals surface area (Å²) < 4.78 is 66.7. The first-order valence-corrected chi connectivity index (χ1v) is 21.8. The van der Waals surface area contributed by atoms with Crippen LogP contribution >= 0.6 is 0 Å². The molecule has 0 aliphatic carbocycles. The summed E-state index contributed by atoms with van der Waals surface area (Å²) in [5.41, 5.74) is 2.34. The van der Waals surface area contributed by atoms with E-state index in [4.69, 9.17) is 9.47 Å². The number of carbonyl (C=O) groups excluding carboxylic acids is 4. The third-order valence-electron chi connectivity index (χ3n) is 9.35. The summed E-state index contributed by atoms with van der Waals surface area (Å²) >= 11 is 0. The minimum atomic E-state index is -4.31. The number of hydrogen-bond acceptors (Lipinski definition) is 12. The number of methoxy groups -OCH3 is 2. The molecule has 0 atom stereocenters. The van der Waals surface area contributed by atoms with E-state index in [9.17, 15) is 46.2 Å². The van der Waals surface area contributed by atoms with Crippen LogP contribution in [0.3, 0.4) is 0 Å². The Morgan fingerprint density at radius 1 is 0.581 bits per heavy atom. The number of benzene rings is 6. The maximum Gasteiger partial charge on any atom is 0.264 e. The molecule has 0 heterocycles. The summed E-state index contributed by atoms with van der Waals surface area (Å²) in [4.78, 5) is 47.0. The van der Waals surface area contributed by atoms with Crippen molar-refractivity contribution in [2.75, 3.05) is 14.2 Å². The third-order valence-corrected chi connectivity index (χ3v) is 12.1. The second-order valence-electron chi connectivity index (χ2n) is 13.5. The molecule has 0 saturated heterocycles. The molecule has 0 saturated carbocycles. The van der Waals surface area contributed by atoms with Gasteiger partial charge in [-0.25, -0.2) is 26.3 Å². The van der Waals surface area contributed by atoms with Gasteiger partial charge in [0.25, 0.3) is 20.0 Å². The maximum absolute atomic E-state index is 13.2. The highest BCUT2D eigenvalue weighted by Gasteiger charge is 2.28. The molecule has 320 valence electrons. The predicted octanol–water partition coefficient (Wildman–Crippen LogP) is 6.64. The van der Waals surface area contributed by atoms with Crippen LogP contribution in [0.5, 0.6) is 23.0 Å². The highest BCUT2D eigenvalue weighted by atomic mass is 32.2. The van der Waals surface area contributed by atoms with Crippen LogP contribution in [0.1, 0.15) is 44.7 Å². The van der Waals surface area contributed by atoms with Crippen LogP contribution in [0.2, 0.25) is 0 Å². The van der Waals surface area contributed by atoms with Crippen molar-refractivity contribution < 1.29 is 55.7 Å². The SMILES string of the molecule is COc1ccccc1-c1c(S(=O)(=O)NC(=O)CCc2ccccc2)ccc(C=O)c1OC.O=Cc1cc(S(=O)(=O)NC(=O)CCc2ccccc2)cc(-c2ccccc2O)c1O. The Hall–Kier alpha value is -7.30. The van der Waals surface area contributed by atoms with E-state index in [0.29, 0.717) is 36.7 Å². The number of amides is 2. The van der Waals surface area contributed by atoms with Crippen LogP contribution in [-0.4, -0.2) is 65.7 Å². The zero-order valence-corrected chi connectivity index (χ0v) is 35.1. The van der Waals surface area contributed by atoms with Crippen molar-refractivity contribution in [3.05, 3.63) is 156 Å². The lowest BCUT2D eigenvalue weighted by Crippen LogP contribution is -2.31. The minimum Gasteiger partial charge on any atom is -0.507 e. The average Bonchev–Trinajstić information content (AvgIpc) is 3.28. The average molecular weight is 879 g/mol. The molecule has 0 aliphatic rings. The van der Waals surface area contributed by atoms with Gasteiger partial charge >= 0.3 is 0 Å². The molecule has 0 spiro atoms. The van der Waals surface area contributed by atoms with Crippen molar-refractivity contribution in [2.24, 2.45) is 0 Å². The Kier molecular flexibility index (Phi) is 15.3. The van der Waals surface area contributed by atoms with E-state index in [1.165, 1.54) is 38.5 Å². The Bertz CT molecular complexity index is 2800. The van der Waals surface area contributed by atoms with Gasteiger partial charge in [-0.05, 0) is 60.4 Å². The molecule has 0 radical (unpaired) electrons. The molecular formula is C46H42N2O12S2. The molecule has 0 unspecified atom stereocenters. The van der Waals surface area contributed by atoms with E-state index >= 15 is 0 Å². The third kappa shape index (κ3) is 11.3. The first-order chi connectivity index (χ1) is 29.7. The molecule has 0 aromatic heterocycles. The van der Waals surface area contributed by atoms with E-state index in [1.54, 1.807) is 36.4 Å². The van der Waals surface area contributed by atoms with Gasteiger partial charge in [0.05, 0.1) is 35.1 Å². The van der Waals surface area contributed by atoms with Gasteiger partial charge in [0, 0.05) is 35.1 Å². The second-order valence-corrected chi connectivity index (χ2v) is 16.8. The normalized spacial score (nSPS) is 11.0. The fourth-order valence-corrected chi connectivity index (χ4v) is 8.63. The van der Waals surface area contributed by atoms with Gasteiger partial charge in [-0.1, -0.05) is 97.1 Å². The molecule has 16 heteroatoms. The monoisotopic (exact) mass is 878 g/mol. The van der Waals surface area contributed by atoms with Crippen LogP contribution in [0.15, 0.2) is 143 Å². The van der Waals surface area contributed by atoms with Gasteiger partial charge in [-0.3, -0.25) is 19.2 Å². The summed E-state index contributed by atoms with van der Waals surface area (Å²) in [5.74, 6) is -1.56. The van der Waals surface area contributed by atoms with Crippen LogP contribution in [-0.2, 0) is 42.5 Å². The van der Waals surface area contributed by atoms with E-state index < -0.39 is 37.6 Å². The van der Waals surface area contributed by atoms with Gasteiger partial charge < -0.3 is 19.7 Å². The van der Waals surface area contributed by atoms with Crippen molar-refractivity contribution in [2.45, 2.75) is 35.5 Å². The van der Waals surface area contributed by atoms with Crippen LogP contribution < -0.4 is 18.9 Å². The topological polar surface area (TPSA) is 220 Å². The largest absolute Gasteiger partial charge is 0.507 e. The number of aromatic hydroxyl groups is 2. The summed E-state index contributed by atoms with van der Waals surface area (Å²) in [6, 6.07) is 35.9. The zero-order chi connectivity index (χ0) is 44.9. The number of sulfonamides is 2. The molecule has 0 bridgehead atoms. The number of aldehydes is 2. The van der Waals surface area contributed by atoms with Crippen LogP contribution in [0.4, 0.5) is 0 Å². The van der Waals surface area contributed by atoms with Crippen molar-refractivity contribution >= 4 is 44.4 Å². The highest BCUT2D eigenvalue weighted by Crippen LogP contribution is 2.42. The number of nitrogens with one attached hydrogen (secondary N) is 2. The lowest BCUT2D eigenvalue weighted by Gasteiger charge is -2.18. The van der Waals surface area contributed by atoms with Crippen LogP contribution in [0.25, 0.3) is 22.3 Å². The number of aryl methyl sites for hydroxylation is 2. The van der Waals surface area contributed by atoms with Crippen molar-refractivity contribution in [3.63, 3.8) is 0 Å². The van der Waals surface area contributed by atoms with Gasteiger partial charge in [-0.2, -0.15) is 0 Å². The summed E-state index contributed by atoms with van der Waals surface area (Å²) in [6.07, 6.45) is 1.59. The lowest BCUT2D eigenvalue weighted by molar-refractivity contribution is -0.120. The molecule has 62 heavy (non-hydrogen) atoms. The molecule has 2 amide bonds. The van der Waals surface area contributed by atoms with E-state index in [-0.39, 0.29) is 61.9 Å². The minimum absolute atomic E-state index is 0.00318. The maximum atomic E-state index is 13.2. The summed E-state index contributed by atoms with van der Waals surface area (Å²) in [6.45, 7) is 0. The number of para-hydroxylation sites is 2. The van der Waals surface area contributed by atoms with E-state index in [1.807, 2.05) is 65.4 Å². The van der Waals surface area contributed by atoms with Gasteiger partial charge in [0.15, 0.2) is 12.6 Å².